The van der Waals surface area contributed by atoms with Crippen molar-refractivity contribution < 1.29 is 4.74 Å². The van der Waals surface area contributed by atoms with Crippen LogP contribution in [-0.4, -0.2) is 51.9 Å². The highest BCUT2D eigenvalue weighted by atomic mass is 16.5. The molecule has 8 nitrogen and oxygen atoms in total. The number of piperazine rings is 1. The lowest BCUT2D eigenvalue weighted by molar-refractivity contribution is 0.268. The Balaban J connectivity index is 0.00000136. The summed E-state index contributed by atoms with van der Waals surface area (Å²) in [6, 6.07) is 0. The zero-order valence-electron chi connectivity index (χ0n) is 17.2. The SMILES string of the molecule is CC.CC#CCn1c(=O)n(C/C=C\OCC)c2ncnc(N3CCNCC3)c21. The lowest BCUT2D eigenvalue weighted by atomic mass is 10.3. The number of aromatic nitrogens is 4. The van der Waals surface area contributed by atoms with Crippen LogP contribution in [-0.2, 0) is 17.8 Å². The summed E-state index contributed by atoms with van der Waals surface area (Å²) < 4.78 is 8.52. The number of imidazole rings is 1. The highest BCUT2D eigenvalue weighted by molar-refractivity contribution is 5.84. The largest absolute Gasteiger partial charge is 0.502 e. The molecule has 28 heavy (non-hydrogen) atoms. The van der Waals surface area contributed by atoms with Gasteiger partial charge in [0.25, 0.3) is 0 Å². The fourth-order valence-electron chi connectivity index (χ4n) is 3.02. The van der Waals surface area contributed by atoms with E-state index in [-0.39, 0.29) is 5.69 Å². The minimum Gasteiger partial charge on any atom is -0.502 e. The van der Waals surface area contributed by atoms with Crippen LogP contribution in [0, 0.1) is 11.8 Å². The minimum absolute atomic E-state index is 0.138. The van der Waals surface area contributed by atoms with Crippen LogP contribution in [0.2, 0.25) is 0 Å². The molecular formula is C20H30N6O2. The summed E-state index contributed by atoms with van der Waals surface area (Å²) in [4.78, 5) is 24.0. The standard InChI is InChI=1S/C18H24N6O2.C2H6/c1-3-5-9-23-15-16(22-11-7-19-8-12-22)20-14-21-17(15)24(18(23)25)10-6-13-26-4-2;1-2/h6,13-14,19H,4,7-12H2,1-2H3;1-2H3/b13-6-;. The van der Waals surface area contributed by atoms with E-state index in [0.717, 1.165) is 37.5 Å². The highest BCUT2D eigenvalue weighted by Gasteiger charge is 2.22. The monoisotopic (exact) mass is 386 g/mol. The van der Waals surface area contributed by atoms with Gasteiger partial charge in [-0.1, -0.05) is 19.8 Å². The maximum Gasteiger partial charge on any atom is 0.331 e. The van der Waals surface area contributed by atoms with Crippen molar-refractivity contribution in [3.05, 3.63) is 29.1 Å². The Morgan fingerprint density at radius 1 is 1.25 bits per heavy atom. The van der Waals surface area contributed by atoms with Crippen LogP contribution in [0.15, 0.2) is 23.5 Å². The van der Waals surface area contributed by atoms with Crippen molar-refractivity contribution in [3.8, 4) is 11.8 Å². The van der Waals surface area contributed by atoms with Crippen LogP contribution in [0.25, 0.3) is 11.2 Å². The molecule has 0 atom stereocenters. The third-order valence-corrected chi connectivity index (χ3v) is 4.25. The quantitative estimate of drug-likeness (QED) is 0.600. The molecule has 0 bridgehead atoms. The van der Waals surface area contributed by atoms with Gasteiger partial charge in [-0.25, -0.2) is 14.8 Å². The predicted octanol–water partition coefficient (Wildman–Crippen LogP) is 1.60. The zero-order valence-corrected chi connectivity index (χ0v) is 17.2. The number of fused-ring (bicyclic) bond motifs is 1. The molecule has 0 saturated carbocycles. The van der Waals surface area contributed by atoms with Crippen molar-refractivity contribution in [2.24, 2.45) is 0 Å². The smallest absolute Gasteiger partial charge is 0.331 e. The molecule has 0 aromatic carbocycles. The average molecular weight is 387 g/mol. The fourth-order valence-corrected chi connectivity index (χ4v) is 3.02. The van der Waals surface area contributed by atoms with Crippen molar-refractivity contribution in [2.75, 3.05) is 37.7 Å². The van der Waals surface area contributed by atoms with Gasteiger partial charge in [0, 0.05) is 26.2 Å². The molecule has 2 aromatic rings. The first-order valence-electron chi connectivity index (χ1n) is 9.83. The predicted molar refractivity (Wildman–Crippen MR) is 112 cm³/mol. The normalized spacial score (nSPS) is 13.8. The van der Waals surface area contributed by atoms with Gasteiger partial charge in [-0.2, -0.15) is 0 Å². The summed E-state index contributed by atoms with van der Waals surface area (Å²) in [5, 5.41) is 3.33. The Morgan fingerprint density at radius 3 is 2.68 bits per heavy atom. The average Bonchev–Trinajstić information content (AvgIpc) is 3.02. The van der Waals surface area contributed by atoms with E-state index in [0.29, 0.717) is 25.3 Å². The summed E-state index contributed by atoms with van der Waals surface area (Å²) >= 11 is 0. The molecular weight excluding hydrogens is 356 g/mol. The molecule has 8 heteroatoms. The highest BCUT2D eigenvalue weighted by Crippen LogP contribution is 2.22. The van der Waals surface area contributed by atoms with E-state index in [4.69, 9.17) is 4.74 Å². The van der Waals surface area contributed by atoms with Gasteiger partial charge in [0.1, 0.15) is 11.8 Å². The molecule has 3 rings (SSSR count). The number of allylic oxidation sites excluding steroid dienone is 1. The van der Waals surface area contributed by atoms with Gasteiger partial charge in [-0.05, 0) is 19.9 Å². The molecule has 0 radical (unpaired) electrons. The van der Waals surface area contributed by atoms with Gasteiger partial charge in [-0.15, -0.1) is 5.92 Å². The first kappa shape index (κ1) is 21.5. The van der Waals surface area contributed by atoms with Crippen molar-refractivity contribution >= 4 is 17.0 Å². The molecule has 152 valence electrons. The van der Waals surface area contributed by atoms with Crippen LogP contribution in [0.1, 0.15) is 27.7 Å². The van der Waals surface area contributed by atoms with Crippen molar-refractivity contribution in [1.29, 1.82) is 0 Å². The van der Waals surface area contributed by atoms with Crippen LogP contribution in [0.3, 0.4) is 0 Å². The third kappa shape index (κ3) is 4.73. The second kappa shape index (κ2) is 11.1. The van der Waals surface area contributed by atoms with Crippen LogP contribution < -0.4 is 15.9 Å². The van der Waals surface area contributed by atoms with Gasteiger partial charge in [0.05, 0.1) is 26.0 Å². The summed E-state index contributed by atoms with van der Waals surface area (Å²) in [5.74, 6) is 6.64. The maximum absolute atomic E-state index is 13.0. The Kier molecular flexibility index (Phi) is 8.56. The van der Waals surface area contributed by atoms with Gasteiger partial charge >= 0.3 is 5.69 Å². The van der Waals surface area contributed by atoms with Gasteiger partial charge in [-0.3, -0.25) is 9.13 Å². The molecule has 1 aliphatic heterocycles. The number of nitrogens with zero attached hydrogens (tertiary/aromatic N) is 5. The number of nitrogens with one attached hydrogen (secondary N) is 1. The second-order valence-corrected chi connectivity index (χ2v) is 5.84. The van der Waals surface area contributed by atoms with Crippen LogP contribution >= 0.6 is 0 Å². The Labute approximate surface area is 166 Å². The van der Waals surface area contributed by atoms with Gasteiger partial charge in [0.15, 0.2) is 11.5 Å². The summed E-state index contributed by atoms with van der Waals surface area (Å²) in [5.41, 5.74) is 1.23. The fraction of sp³-hybridized carbons (Fsp3) is 0.550. The summed E-state index contributed by atoms with van der Waals surface area (Å²) in [6.07, 6.45) is 4.95. The van der Waals surface area contributed by atoms with Gasteiger partial charge in [0.2, 0.25) is 0 Å². The molecule has 0 spiro atoms. The lowest BCUT2D eigenvalue weighted by Crippen LogP contribution is -2.44. The first-order chi connectivity index (χ1) is 13.8. The molecule has 1 saturated heterocycles. The van der Waals surface area contributed by atoms with E-state index in [1.807, 2.05) is 26.8 Å². The number of rotatable bonds is 6. The van der Waals surface area contributed by atoms with E-state index >= 15 is 0 Å². The third-order valence-electron chi connectivity index (χ3n) is 4.25. The molecule has 0 aliphatic carbocycles. The molecule has 1 N–H and O–H groups in total. The second-order valence-electron chi connectivity index (χ2n) is 5.84. The lowest BCUT2D eigenvalue weighted by Gasteiger charge is -2.28. The van der Waals surface area contributed by atoms with Crippen molar-refractivity contribution in [3.63, 3.8) is 0 Å². The molecule has 2 aromatic heterocycles. The van der Waals surface area contributed by atoms with E-state index in [1.165, 1.54) is 6.33 Å². The van der Waals surface area contributed by atoms with E-state index in [2.05, 4.69) is 32.0 Å². The van der Waals surface area contributed by atoms with Crippen molar-refractivity contribution in [2.45, 2.75) is 40.8 Å². The number of anilines is 1. The number of hydrogen-bond acceptors (Lipinski definition) is 6. The Morgan fingerprint density at radius 2 is 2.00 bits per heavy atom. The van der Waals surface area contributed by atoms with E-state index in [9.17, 15) is 4.79 Å². The number of hydrogen-bond donors (Lipinski definition) is 1. The molecule has 0 unspecified atom stereocenters. The van der Waals surface area contributed by atoms with Crippen molar-refractivity contribution in [1.82, 2.24) is 24.4 Å². The maximum atomic E-state index is 13.0. The molecule has 1 aliphatic rings. The molecule has 0 amide bonds. The summed E-state index contributed by atoms with van der Waals surface area (Å²) in [7, 11) is 0. The summed E-state index contributed by atoms with van der Waals surface area (Å²) in [6.45, 7) is 12.4. The molecule has 1 fully saturated rings. The Bertz CT molecular complexity index is 897. The van der Waals surface area contributed by atoms with Crippen LogP contribution in [0.5, 0.6) is 0 Å². The molecule has 3 heterocycles. The number of ether oxygens (including phenoxy) is 1. The zero-order chi connectivity index (χ0) is 20.4. The van der Waals surface area contributed by atoms with Crippen LogP contribution in [0.4, 0.5) is 5.82 Å². The Hall–Kier alpha value is -2.79. The van der Waals surface area contributed by atoms with E-state index < -0.39 is 0 Å². The minimum atomic E-state index is -0.138. The topological polar surface area (TPSA) is 77.2 Å². The van der Waals surface area contributed by atoms with Gasteiger partial charge < -0.3 is 15.0 Å². The first-order valence-corrected chi connectivity index (χ1v) is 9.83. The van der Waals surface area contributed by atoms with E-state index in [1.54, 1.807) is 22.3 Å².